The molecule has 0 fully saturated rings. The topological polar surface area (TPSA) is 42.3 Å². The molecule has 0 radical (unpaired) electrons. The maximum absolute atomic E-state index is 3.50. The van der Waals surface area contributed by atoms with Gasteiger partial charge in [-0.3, -0.25) is 0 Å². The van der Waals surface area contributed by atoms with Gasteiger partial charge in [0.25, 0.3) is 0 Å². The first-order valence-electron chi connectivity index (χ1n) is 7.46. The molecule has 3 rings (SSSR count). The third kappa shape index (κ3) is 7.43. The first-order chi connectivity index (χ1) is 11.1. The average molecular weight is 345 g/mol. The van der Waals surface area contributed by atoms with E-state index in [-0.39, 0.29) is 0 Å². The fourth-order valence-electron chi connectivity index (χ4n) is 2.16. The summed E-state index contributed by atoms with van der Waals surface area (Å²) in [7, 11) is 10.5. The van der Waals surface area contributed by atoms with Crippen molar-refractivity contribution in [3.05, 3.63) is 69.5 Å². The van der Waals surface area contributed by atoms with Crippen LogP contribution in [0.15, 0.2) is 42.5 Å². The second-order valence-electron chi connectivity index (χ2n) is 5.01. The Morgan fingerprint density at radius 3 is 1.74 bits per heavy atom. The van der Waals surface area contributed by atoms with E-state index in [2.05, 4.69) is 78.9 Å². The molecule has 3 nitrogen and oxygen atoms in total. The van der Waals surface area contributed by atoms with E-state index in [1.54, 1.807) is 42.3 Å². The van der Waals surface area contributed by atoms with Gasteiger partial charge in [0.2, 0.25) is 0 Å². The summed E-state index contributed by atoms with van der Waals surface area (Å²) in [5.41, 5.74) is 5.83. The van der Waals surface area contributed by atoms with Crippen molar-refractivity contribution in [2.24, 2.45) is 0 Å². The molecule has 0 spiro atoms. The van der Waals surface area contributed by atoms with E-state index in [1.807, 2.05) is 0 Å². The maximum atomic E-state index is 3.50. The fourth-order valence-corrected chi connectivity index (χ4v) is 2.66. The Morgan fingerprint density at radius 1 is 0.696 bits per heavy atom. The third-order valence-corrected chi connectivity index (χ3v) is 3.58. The van der Waals surface area contributed by atoms with Crippen molar-refractivity contribution in [3.8, 4) is 11.1 Å². The summed E-state index contributed by atoms with van der Waals surface area (Å²) >= 11 is 2.20. The summed E-state index contributed by atoms with van der Waals surface area (Å²) in [6, 6.07) is 15.3. The normalized spacial score (nSPS) is 9.91. The van der Waals surface area contributed by atoms with Gasteiger partial charge in [0, 0.05) is 0 Å². The van der Waals surface area contributed by atoms with Crippen LogP contribution >= 0.6 is 0 Å². The summed E-state index contributed by atoms with van der Waals surface area (Å²) < 4.78 is 1.42. The van der Waals surface area contributed by atoms with Crippen molar-refractivity contribution >= 4 is 3.87 Å². The van der Waals surface area contributed by atoms with Crippen LogP contribution in [-0.4, -0.2) is 42.3 Å². The number of fused-ring (bicyclic) bond motifs is 3. The summed E-state index contributed by atoms with van der Waals surface area (Å²) in [4.78, 5) is 0. The molecule has 4 heteroatoms. The molecule has 122 valence electrons. The van der Waals surface area contributed by atoms with Crippen LogP contribution in [0, 0.1) is 0 Å². The number of rotatable bonds is 0. The van der Waals surface area contributed by atoms with Gasteiger partial charge in [0.05, 0.1) is 0 Å². The van der Waals surface area contributed by atoms with E-state index in [0.717, 1.165) is 6.42 Å². The SMILES string of the molecule is C[N-]C.C[N-]C.C[N-]C.[Ti+3][c]1cccc2c1Cc1ccccc1-2. The Balaban J connectivity index is 0.000000457. The molecule has 2 aromatic carbocycles. The molecule has 2 aromatic rings. The predicted molar refractivity (Wildman–Crippen MR) is 99.9 cm³/mol. The zero-order valence-electron chi connectivity index (χ0n) is 15.1. The van der Waals surface area contributed by atoms with Crippen LogP contribution in [0.2, 0.25) is 0 Å². The van der Waals surface area contributed by atoms with Crippen LogP contribution in [0.4, 0.5) is 0 Å². The zero-order chi connectivity index (χ0) is 17.7. The number of benzene rings is 2. The fraction of sp³-hybridized carbons (Fsp3) is 0.368. The minimum absolute atomic E-state index is 1.11. The predicted octanol–water partition coefficient (Wildman–Crippen LogP) is 4.29. The van der Waals surface area contributed by atoms with Crippen LogP contribution in [0.25, 0.3) is 27.1 Å². The van der Waals surface area contributed by atoms with E-state index >= 15 is 0 Å². The number of hydrogen-bond donors (Lipinski definition) is 0. The molecule has 0 heterocycles. The van der Waals surface area contributed by atoms with E-state index in [4.69, 9.17) is 0 Å². The van der Waals surface area contributed by atoms with Gasteiger partial charge in [-0.05, 0) is 0 Å². The molecule has 0 bridgehead atoms. The Kier molecular flexibility index (Phi) is 12.9. The van der Waals surface area contributed by atoms with Gasteiger partial charge >= 0.3 is 95.4 Å². The Morgan fingerprint density at radius 2 is 1.17 bits per heavy atom. The first kappa shape index (κ1) is 22.0. The minimum atomic E-state index is 1.11. The monoisotopic (exact) mass is 345 g/mol. The molecule has 0 aromatic heterocycles. The molecular weight excluding hydrogens is 318 g/mol. The van der Waals surface area contributed by atoms with E-state index in [9.17, 15) is 0 Å². The van der Waals surface area contributed by atoms with Gasteiger partial charge < -0.3 is 16.0 Å². The van der Waals surface area contributed by atoms with Crippen LogP contribution < -0.4 is 3.87 Å². The first-order valence-corrected chi connectivity index (χ1v) is 8.24. The standard InChI is InChI=1S/C13H9.3C2H6N.Ti/c1-3-7-12-10(5-1)9-11-6-2-4-8-13(11)12;3*1-3-2;/h1-5,7-8H,9H2;3*1-2H3;/q;3*-1;+3. The molecule has 1 aliphatic carbocycles. The second-order valence-corrected chi connectivity index (χ2v) is 5.85. The Bertz CT molecular complexity index is 551. The Labute approximate surface area is 153 Å². The van der Waals surface area contributed by atoms with Crippen molar-refractivity contribution in [3.63, 3.8) is 0 Å². The van der Waals surface area contributed by atoms with Gasteiger partial charge in [0.1, 0.15) is 0 Å². The third-order valence-electron chi connectivity index (χ3n) is 2.85. The van der Waals surface area contributed by atoms with Crippen molar-refractivity contribution in [2.75, 3.05) is 42.3 Å². The molecule has 0 atom stereocenters. The van der Waals surface area contributed by atoms with Gasteiger partial charge in [-0.2, -0.15) is 42.3 Å². The van der Waals surface area contributed by atoms with Gasteiger partial charge in [0.15, 0.2) is 0 Å². The Hall–Kier alpha value is -0.966. The van der Waals surface area contributed by atoms with Crippen LogP contribution in [-0.2, 0) is 26.9 Å². The quantitative estimate of drug-likeness (QED) is 0.546. The summed E-state index contributed by atoms with van der Waals surface area (Å²) in [5.74, 6) is 0. The van der Waals surface area contributed by atoms with Crippen LogP contribution in [0.5, 0.6) is 0 Å². The van der Waals surface area contributed by atoms with E-state index in [0.29, 0.717) is 0 Å². The van der Waals surface area contributed by atoms with Gasteiger partial charge in [-0.25, -0.2) is 0 Å². The molecule has 0 aliphatic heterocycles. The molecule has 1 aliphatic rings. The molecule has 0 amide bonds. The van der Waals surface area contributed by atoms with Crippen molar-refractivity contribution in [1.29, 1.82) is 0 Å². The van der Waals surface area contributed by atoms with E-state index in [1.165, 1.54) is 26.1 Å². The van der Waals surface area contributed by atoms with Crippen LogP contribution in [0.1, 0.15) is 11.1 Å². The van der Waals surface area contributed by atoms with Gasteiger partial charge in [-0.15, -0.1) is 0 Å². The molecule has 0 unspecified atom stereocenters. The van der Waals surface area contributed by atoms with Crippen LogP contribution in [0.3, 0.4) is 0 Å². The van der Waals surface area contributed by atoms with Gasteiger partial charge in [-0.1, -0.05) is 0 Å². The number of hydrogen-bond acceptors (Lipinski definition) is 0. The molecule has 0 N–H and O–H groups in total. The zero-order valence-corrected chi connectivity index (χ0v) is 16.7. The second kappa shape index (κ2) is 13.5. The molecule has 0 saturated heterocycles. The summed E-state index contributed by atoms with van der Waals surface area (Å²) in [5, 5.41) is 10.5. The average Bonchev–Trinajstić information content (AvgIpc) is 2.90. The summed E-state index contributed by atoms with van der Waals surface area (Å²) in [6.45, 7) is 0. The van der Waals surface area contributed by atoms with Crippen molar-refractivity contribution in [2.45, 2.75) is 6.42 Å². The van der Waals surface area contributed by atoms with Crippen molar-refractivity contribution < 1.29 is 20.4 Å². The molecular formula is C19H27N3Ti. The molecule has 23 heavy (non-hydrogen) atoms. The van der Waals surface area contributed by atoms with E-state index < -0.39 is 0 Å². The van der Waals surface area contributed by atoms with Crippen molar-refractivity contribution in [1.82, 2.24) is 0 Å². The number of nitrogens with zero attached hydrogens (tertiary/aromatic N) is 3. The molecule has 0 saturated carbocycles. The summed E-state index contributed by atoms with van der Waals surface area (Å²) in [6.07, 6.45) is 1.11.